The normalized spacial score (nSPS) is 16.7. The Balaban J connectivity index is 1.62. The number of halogens is 1. The van der Waals surface area contributed by atoms with Crippen LogP contribution in [0.3, 0.4) is 0 Å². The largest absolute Gasteiger partial charge is 0.480 e. The molecule has 4 rings (SSSR count). The molecule has 1 aliphatic rings. The van der Waals surface area contributed by atoms with Gasteiger partial charge in [-0.05, 0) is 18.1 Å². The first-order valence-electron chi connectivity index (χ1n) is 10.5. The molecule has 3 aromatic rings. The first-order valence-corrected chi connectivity index (χ1v) is 12.5. The summed E-state index contributed by atoms with van der Waals surface area (Å²) in [5.41, 5.74) is 5.89. The molecule has 14 heteroatoms. The molecule has 0 spiro atoms. The van der Waals surface area contributed by atoms with Crippen molar-refractivity contribution in [2.45, 2.75) is 24.9 Å². The number of thiazole rings is 1. The van der Waals surface area contributed by atoms with Crippen LogP contribution in [-0.2, 0) is 26.9 Å². The zero-order chi connectivity index (χ0) is 25.4. The molecule has 1 aromatic carbocycles. The van der Waals surface area contributed by atoms with Crippen LogP contribution < -0.4 is 14.9 Å². The summed E-state index contributed by atoms with van der Waals surface area (Å²) in [6.07, 6.45) is 2.50. The highest BCUT2D eigenvalue weighted by molar-refractivity contribution is 7.74. The lowest BCUT2D eigenvalue weighted by molar-refractivity contribution is -0.148. The summed E-state index contributed by atoms with van der Waals surface area (Å²) in [4.78, 5) is 36.3. The van der Waals surface area contributed by atoms with E-state index >= 15 is 4.39 Å². The summed E-state index contributed by atoms with van der Waals surface area (Å²) in [7, 11) is 0.301. The number of thiol groups is 1. The number of aromatic nitrogens is 2. The zero-order valence-electron chi connectivity index (χ0n) is 18.8. The first kappa shape index (κ1) is 24.6. The number of nitrogens with zero attached hydrogens (tertiary/aromatic N) is 5. The van der Waals surface area contributed by atoms with E-state index in [9.17, 15) is 23.1 Å². The molecule has 0 bridgehead atoms. The van der Waals surface area contributed by atoms with Crippen LogP contribution in [0.2, 0.25) is 0 Å². The fraction of sp³-hybridized carbons (Fsp3) is 0.333. The van der Waals surface area contributed by atoms with Crippen LogP contribution >= 0.6 is 11.3 Å². The van der Waals surface area contributed by atoms with Crippen molar-refractivity contribution < 1.29 is 27.5 Å². The highest BCUT2D eigenvalue weighted by atomic mass is 32.2. The van der Waals surface area contributed by atoms with Gasteiger partial charge in [-0.15, -0.1) is 0 Å². The molecule has 186 valence electrons. The average molecular weight is 523 g/mol. The summed E-state index contributed by atoms with van der Waals surface area (Å²) in [5.74, 6) is -2.48. The Hall–Kier alpha value is -3.52. The number of nitrogens with two attached hydrogens (primary N) is 1. The minimum Gasteiger partial charge on any atom is -0.480 e. The number of anilines is 3. The number of amides is 1. The van der Waals surface area contributed by atoms with Gasteiger partial charge in [-0.3, -0.25) is 4.79 Å². The Morgan fingerprint density at radius 3 is 2.69 bits per heavy atom. The van der Waals surface area contributed by atoms with Crippen LogP contribution in [0.5, 0.6) is 0 Å². The van der Waals surface area contributed by atoms with Gasteiger partial charge in [-0.25, -0.2) is 31.9 Å². The third-order valence-electron chi connectivity index (χ3n) is 5.84. The van der Waals surface area contributed by atoms with Crippen molar-refractivity contribution in [1.82, 2.24) is 14.9 Å². The smallest absolute Gasteiger partial charge is 0.326 e. The Morgan fingerprint density at radius 1 is 1.31 bits per heavy atom. The monoisotopic (exact) mass is 522 g/mol. The van der Waals surface area contributed by atoms with Crippen molar-refractivity contribution in [3.8, 4) is 0 Å². The summed E-state index contributed by atoms with van der Waals surface area (Å²) in [5, 5.41) is 11.3. The molecule has 3 heterocycles. The average Bonchev–Trinajstić information content (AvgIpc) is 3.42. The Labute approximate surface area is 205 Å². The van der Waals surface area contributed by atoms with Crippen molar-refractivity contribution in [2.75, 3.05) is 35.6 Å². The molecule has 0 radical (unpaired) electrons. The lowest BCUT2D eigenvalue weighted by atomic mass is 10.0. The topological polar surface area (TPSA) is 150 Å². The van der Waals surface area contributed by atoms with E-state index in [-0.39, 0.29) is 41.2 Å². The quantitative estimate of drug-likeness (QED) is 0.370. The number of fused-ring (bicyclic) bond motifs is 1. The highest BCUT2D eigenvalue weighted by Crippen LogP contribution is 2.34. The number of pyridine rings is 1. The van der Waals surface area contributed by atoms with Gasteiger partial charge in [0.2, 0.25) is 16.8 Å². The second-order valence-electron chi connectivity index (χ2n) is 8.18. The van der Waals surface area contributed by atoms with E-state index in [0.29, 0.717) is 10.5 Å². The lowest BCUT2D eigenvalue weighted by Gasteiger charge is -2.27. The lowest BCUT2D eigenvalue weighted by Crippen LogP contribution is -2.48. The number of carbonyl (C=O) groups excluding carboxylic acids is 1. The second kappa shape index (κ2) is 9.62. The molecule has 1 amide bonds. The molecular weight excluding hydrogens is 499 g/mol. The summed E-state index contributed by atoms with van der Waals surface area (Å²) < 4.78 is 40.3. The molecule has 0 aliphatic carbocycles. The summed E-state index contributed by atoms with van der Waals surface area (Å²) in [6, 6.07) is 1.92. The first-order chi connectivity index (χ1) is 16.6. The van der Waals surface area contributed by atoms with Gasteiger partial charge in [-0.1, -0.05) is 23.5 Å². The van der Waals surface area contributed by atoms with E-state index in [2.05, 4.69) is 9.97 Å². The molecule has 2 aromatic heterocycles. The Bertz CT molecular complexity index is 1370. The van der Waals surface area contributed by atoms with Crippen LogP contribution in [0.25, 0.3) is 10.8 Å². The van der Waals surface area contributed by atoms with Gasteiger partial charge in [-0.2, -0.15) is 0 Å². The zero-order valence-corrected chi connectivity index (χ0v) is 20.5. The molecule has 35 heavy (non-hydrogen) atoms. The van der Waals surface area contributed by atoms with Crippen molar-refractivity contribution in [3.05, 3.63) is 42.0 Å². The maximum atomic E-state index is 15.2. The van der Waals surface area contributed by atoms with Gasteiger partial charge in [0.1, 0.15) is 28.7 Å². The van der Waals surface area contributed by atoms with Gasteiger partial charge in [0, 0.05) is 44.0 Å². The maximum Gasteiger partial charge on any atom is 0.326 e. The Morgan fingerprint density at radius 2 is 2.06 bits per heavy atom. The van der Waals surface area contributed by atoms with Crippen LogP contribution in [0.1, 0.15) is 12.0 Å². The maximum absolute atomic E-state index is 15.2. The van der Waals surface area contributed by atoms with Crippen LogP contribution in [-0.4, -0.2) is 73.0 Å². The second-order valence-corrected chi connectivity index (χ2v) is 10.1. The predicted octanol–water partition coefficient (Wildman–Crippen LogP) is 1.11. The van der Waals surface area contributed by atoms with Crippen LogP contribution in [0.15, 0.2) is 30.6 Å². The standard InChI is InChI=1S/C21H23FN6O5S2/c1-26(2)21-25-10-16(34-21)28(35(32)33)14-6-8-27(19(14)29)15(20(30)31)9-11-3-4-13-12(17(11)22)5-7-24-18(13)23/h3-5,7,10,14-15,35H,6,8-9H2,1-2H3,(H2,23,24)(H,30,31)/t14-,15+/m0/s1. The fourth-order valence-corrected chi connectivity index (χ4v) is 5.90. The fourth-order valence-electron chi connectivity index (χ4n) is 4.12. The molecule has 11 nitrogen and oxygen atoms in total. The van der Waals surface area contributed by atoms with Crippen LogP contribution in [0.4, 0.5) is 20.3 Å². The SMILES string of the molecule is CN(C)c1ncc(N([C@H]2CCN([C@H](Cc3ccc4c(N)nccc4c3F)C(=O)O)C2=O)[SH](=O)=O)s1. The molecule has 0 saturated carbocycles. The Kier molecular flexibility index (Phi) is 6.76. The molecule has 1 fully saturated rings. The number of rotatable bonds is 8. The molecule has 1 saturated heterocycles. The van der Waals surface area contributed by atoms with Gasteiger partial charge < -0.3 is 20.6 Å². The third kappa shape index (κ3) is 4.58. The number of carboxylic acid groups (broad SMARTS) is 1. The number of benzene rings is 1. The summed E-state index contributed by atoms with van der Waals surface area (Å²) >= 11 is 1.09. The minimum absolute atomic E-state index is 0.00551. The van der Waals surface area contributed by atoms with E-state index in [1.807, 2.05) is 0 Å². The minimum atomic E-state index is -3.20. The van der Waals surface area contributed by atoms with E-state index in [1.54, 1.807) is 25.1 Å². The molecular formula is C21H23FN6O5S2. The number of likely N-dealkylation sites (tertiary alicyclic amines) is 1. The van der Waals surface area contributed by atoms with Crippen molar-refractivity contribution in [1.29, 1.82) is 0 Å². The van der Waals surface area contributed by atoms with E-state index < -0.39 is 40.7 Å². The van der Waals surface area contributed by atoms with Gasteiger partial charge >= 0.3 is 5.97 Å². The van der Waals surface area contributed by atoms with E-state index in [0.717, 1.165) is 20.5 Å². The molecule has 2 atom stereocenters. The van der Waals surface area contributed by atoms with Gasteiger partial charge in [0.25, 0.3) is 0 Å². The molecule has 3 N–H and O–H groups in total. The number of hydrogen-bond donors (Lipinski definition) is 3. The van der Waals surface area contributed by atoms with E-state index in [1.165, 1.54) is 24.5 Å². The van der Waals surface area contributed by atoms with Gasteiger partial charge in [0.15, 0.2) is 5.13 Å². The van der Waals surface area contributed by atoms with Crippen molar-refractivity contribution in [2.24, 2.45) is 0 Å². The predicted molar refractivity (Wildman–Crippen MR) is 131 cm³/mol. The number of carboxylic acids is 1. The third-order valence-corrected chi connectivity index (χ3v) is 7.98. The van der Waals surface area contributed by atoms with Crippen molar-refractivity contribution in [3.63, 3.8) is 0 Å². The van der Waals surface area contributed by atoms with E-state index in [4.69, 9.17) is 5.73 Å². The number of nitrogen functional groups attached to an aromatic ring is 1. The number of aliphatic carboxylic acids is 1. The highest BCUT2D eigenvalue weighted by Gasteiger charge is 2.43. The van der Waals surface area contributed by atoms with Gasteiger partial charge in [0.05, 0.1) is 6.20 Å². The number of hydrogen-bond acceptors (Lipinski definition) is 9. The molecule has 0 unspecified atom stereocenters. The molecule has 1 aliphatic heterocycles. The number of carbonyl (C=O) groups is 2. The van der Waals surface area contributed by atoms with Crippen molar-refractivity contribution >= 4 is 60.8 Å². The summed E-state index contributed by atoms with van der Waals surface area (Å²) in [6.45, 7) is 0.00551. The van der Waals surface area contributed by atoms with Crippen LogP contribution in [0, 0.1) is 5.82 Å².